The normalized spacial score (nSPS) is 11.2. The molecular formula is C17H20ClN5O. The van der Waals surface area contributed by atoms with Gasteiger partial charge in [-0.05, 0) is 32.9 Å². The maximum absolute atomic E-state index is 12.3. The van der Waals surface area contributed by atoms with Gasteiger partial charge >= 0.3 is 0 Å². The Labute approximate surface area is 145 Å². The van der Waals surface area contributed by atoms with Crippen molar-refractivity contribution in [3.05, 3.63) is 40.8 Å². The Bertz CT molecular complexity index is 896. The van der Waals surface area contributed by atoms with Crippen molar-refractivity contribution in [1.29, 1.82) is 0 Å². The fourth-order valence-electron chi connectivity index (χ4n) is 2.85. The van der Waals surface area contributed by atoms with Crippen LogP contribution in [-0.2, 0) is 17.9 Å². The SMILES string of the molecule is CCn1nc(C)c(NC(=O)CCn2nc(Cl)c3ccccc32)c1C. The Morgan fingerprint density at radius 1 is 1.21 bits per heavy atom. The molecule has 7 heteroatoms. The van der Waals surface area contributed by atoms with E-state index in [2.05, 4.69) is 15.5 Å². The Morgan fingerprint density at radius 2 is 1.96 bits per heavy atom. The molecule has 0 atom stereocenters. The van der Waals surface area contributed by atoms with E-state index in [1.54, 1.807) is 4.68 Å². The summed E-state index contributed by atoms with van der Waals surface area (Å²) >= 11 is 6.14. The summed E-state index contributed by atoms with van der Waals surface area (Å²) in [5.74, 6) is -0.0624. The first kappa shape index (κ1) is 16.5. The van der Waals surface area contributed by atoms with E-state index in [9.17, 15) is 4.79 Å². The molecule has 3 aromatic rings. The standard InChI is InChI=1S/C17H20ClN5O/c1-4-22-12(3)16(11(2)20-22)19-15(24)9-10-23-14-8-6-5-7-13(14)17(18)21-23/h5-8H,4,9-10H2,1-3H3,(H,19,24). The maximum atomic E-state index is 12.3. The minimum absolute atomic E-state index is 0.0624. The highest BCUT2D eigenvalue weighted by Gasteiger charge is 2.14. The van der Waals surface area contributed by atoms with Gasteiger partial charge in [0, 0.05) is 18.4 Å². The third-order valence-electron chi connectivity index (χ3n) is 4.11. The van der Waals surface area contributed by atoms with E-state index in [-0.39, 0.29) is 5.91 Å². The van der Waals surface area contributed by atoms with Crippen LogP contribution < -0.4 is 5.32 Å². The molecule has 0 unspecified atom stereocenters. The molecule has 0 bridgehead atoms. The zero-order valence-corrected chi connectivity index (χ0v) is 14.8. The van der Waals surface area contributed by atoms with Crippen LogP contribution in [0.4, 0.5) is 5.69 Å². The van der Waals surface area contributed by atoms with Gasteiger partial charge < -0.3 is 5.32 Å². The third kappa shape index (κ3) is 3.01. The van der Waals surface area contributed by atoms with Crippen molar-refractivity contribution < 1.29 is 4.79 Å². The van der Waals surface area contributed by atoms with Crippen LogP contribution in [-0.4, -0.2) is 25.5 Å². The Balaban J connectivity index is 1.71. The van der Waals surface area contributed by atoms with Crippen molar-refractivity contribution in [1.82, 2.24) is 19.6 Å². The van der Waals surface area contributed by atoms with Gasteiger partial charge in [-0.25, -0.2) is 0 Å². The monoisotopic (exact) mass is 345 g/mol. The van der Waals surface area contributed by atoms with Crippen LogP contribution in [0.1, 0.15) is 24.7 Å². The molecule has 0 saturated heterocycles. The number of benzene rings is 1. The Hall–Kier alpha value is -2.34. The minimum Gasteiger partial charge on any atom is -0.323 e. The number of hydrogen-bond donors (Lipinski definition) is 1. The number of aromatic nitrogens is 4. The largest absolute Gasteiger partial charge is 0.323 e. The summed E-state index contributed by atoms with van der Waals surface area (Å²) in [7, 11) is 0. The van der Waals surface area contributed by atoms with Gasteiger partial charge in [-0.2, -0.15) is 10.2 Å². The number of anilines is 1. The van der Waals surface area contributed by atoms with Gasteiger partial charge in [-0.3, -0.25) is 14.2 Å². The number of halogens is 1. The van der Waals surface area contributed by atoms with Gasteiger partial charge in [0.05, 0.1) is 29.1 Å². The number of hydrogen-bond acceptors (Lipinski definition) is 3. The molecule has 0 radical (unpaired) electrons. The van der Waals surface area contributed by atoms with Crippen molar-refractivity contribution in [2.75, 3.05) is 5.32 Å². The molecule has 0 aliphatic heterocycles. The minimum atomic E-state index is -0.0624. The number of amides is 1. The molecule has 0 aliphatic carbocycles. The molecule has 0 spiro atoms. The molecule has 1 aromatic carbocycles. The van der Waals surface area contributed by atoms with Crippen molar-refractivity contribution in [2.45, 2.75) is 40.3 Å². The van der Waals surface area contributed by atoms with Crippen LogP contribution in [0, 0.1) is 13.8 Å². The topological polar surface area (TPSA) is 64.7 Å². The van der Waals surface area contributed by atoms with E-state index in [1.807, 2.05) is 49.7 Å². The highest BCUT2D eigenvalue weighted by atomic mass is 35.5. The lowest BCUT2D eigenvalue weighted by molar-refractivity contribution is -0.116. The molecule has 3 rings (SSSR count). The number of nitrogens with one attached hydrogen (secondary N) is 1. The van der Waals surface area contributed by atoms with Crippen LogP contribution in [0.25, 0.3) is 10.9 Å². The molecule has 0 saturated carbocycles. The van der Waals surface area contributed by atoms with E-state index in [0.29, 0.717) is 18.1 Å². The van der Waals surface area contributed by atoms with Gasteiger partial charge in [0.25, 0.3) is 0 Å². The fourth-order valence-corrected chi connectivity index (χ4v) is 3.10. The smallest absolute Gasteiger partial charge is 0.226 e. The summed E-state index contributed by atoms with van der Waals surface area (Å²) in [5, 5.41) is 13.0. The lowest BCUT2D eigenvalue weighted by atomic mass is 10.2. The van der Waals surface area contributed by atoms with Crippen LogP contribution in [0.5, 0.6) is 0 Å². The summed E-state index contributed by atoms with van der Waals surface area (Å²) < 4.78 is 3.65. The number of aryl methyl sites for hydroxylation is 3. The molecule has 6 nitrogen and oxygen atoms in total. The van der Waals surface area contributed by atoms with E-state index in [4.69, 9.17) is 11.6 Å². The van der Waals surface area contributed by atoms with Crippen LogP contribution in [0.2, 0.25) is 5.15 Å². The van der Waals surface area contributed by atoms with Crippen molar-refractivity contribution in [3.63, 3.8) is 0 Å². The van der Waals surface area contributed by atoms with E-state index >= 15 is 0 Å². The average Bonchev–Trinajstić information content (AvgIpc) is 3.04. The number of fused-ring (bicyclic) bond motifs is 1. The lowest BCUT2D eigenvalue weighted by Gasteiger charge is -2.07. The first-order valence-corrected chi connectivity index (χ1v) is 8.34. The number of nitrogens with zero attached hydrogens (tertiary/aromatic N) is 4. The zero-order valence-electron chi connectivity index (χ0n) is 14.0. The summed E-state index contributed by atoms with van der Waals surface area (Å²) in [5.41, 5.74) is 3.53. The first-order chi connectivity index (χ1) is 11.5. The fraction of sp³-hybridized carbons (Fsp3) is 0.353. The van der Waals surface area contributed by atoms with E-state index in [1.165, 1.54) is 0 Å². The summed E-state index contributed by atoms with van der Waals surface area (Å²) in [4.78, 5) is 12.3. The van der Waals surface area contributed by atoms with Gasteiger partial charge in [-0.1, -0.05) is 23.7 Å². The van der Waals surface area contributed by atoms with Gasteiger partial charge in [0.15, 0.2) is 5.15 Å². The number of rotatable bonds is 5. The molecule has 126 valence electrons. The predicted octanol–water partition coefficient (Wildman–Crippen LogP) is 3.55. The molecule has 1 amide bonds. The van der Waals surface area contributed by atoms with Crippen LogP contribution in [0.15, 0.2) is 24.3 Å². The van der Waals surface area contributed by atoms with Crippen molar-refractivity contribution in [2.24, 2.45) is 0 Å². The first-order valence-electron chi connectivity index (χ1n) is 7.96. The molecule has 0 aliphatic rings. The highest BCUT2D eigenvalue weighted by Crippen LogP contribution is 2.23. The second-order valence-electron chi connectivity index (χ2n) is 5.69. The molecule has 24 heavy (non-hydrogen) atoms. The van der Waals surface area contributed by atoms with Crippen molar-refractivity contribution >= 4 is 34.1 Å². The molecule has 2 heterocycles. The van der Waals surface area contributed by atoms with E-state index < -0.39 is 0 Å². The van der Waals surface area contributed by atoms with Gasteiger partial charge in [0.2, 0.25) is 5.91 Å². The quantitative estimate of drug-likeness (QED) is 0.769. The Morgan fingerprint density at radius 3 is 2.67 bits per heavy atom. The van der Waals surface area contributed by atoms with E-state index in [0.717, 1.165) is 34.5 Å². The molecule has 2 aromatic heterocycles. The lowest BCUT2D eigenvalue weighted by Crippen LogP contribution is -2.16. The highest BCUT2D eigenvalue weighted by molar-refractivity contribution is 6.34. The van der Waals surface area contributed by atoms with Gasteiger partial charge in [-0.15, -0.1) is 0 Å². The van der Waals surface area contributed by atoms with Crippen LogP contribution in [0.3, 0.4) is 0 Å². The summed E-state index contributed by atoms with van der Waals surface area (Å²) in [6.07, 6.45) is 0.318. The summed E-state index contributed by atoms with van der Waals surface area (Å²) in [6, 6.07) is 7.73. The third-order valence-corrected chi connectivity index (χ3v) is 4.39. The summed E-state index contributed by atoms with van der Waals surface area (Å²) in [6.45, 7) is 7.13. The molecular weight excluding hydrogens is 326 g/mol. The zero-order chi connectivity index (χ0) is 17.3. The van der Waals surface area contributed by atoms with Crippen molar-refractivity contribution in [3.8, 4) is 0 Å². The number of para-hydroxylation sites is 1. The Kier molecular flexibility index (Phi) is 4.57. The predicted molar refractivity (Wildman–Crippen MR) is 95.4 cm³/mol. The average molecular weight is 346 g/mol. The second-order valence-corrected chi connectivity index (χ2v) is 6.05. The number of carbonyl (C=O) groups excluding carboxylic acids is 1. The number of carbonyl (C=O) groups is 1. The second kappa shape index (κ2) is 6.65. The molecule has 0 fully saturated rings. The van der Waals surface area contributed by atoms with Gasteiger partial charge in [0.1, 0.15) is 0 Å². The van der Waals surface area contributed by atoms with Crippen LogP contribution >= 0.6 is 11.6 Å². The maximum Gasteiger partial charge on any atom is 0.226 e. The molecule has 1 N–H and O–H groups in total.